The number of aromatic nitrogens is 1. The first-order valence-corrected chi connectivity index (χ1v) is 12.4. The van der Waals surface area contributed by atoms with Gasteiger partial charge in [-0.3, -0.25) is 4.79 Å². The van der Waals surface area contributed by atoms with Crippen molar-refractivity contribution in [2.45, 2.75) is 77.2 Å². The van der Waals surface area contributed by atoms with Crippen LogP contribution in [0.3, 0.4) is 0 Å². The van der Waals surface area contributed by atoms with E-state index in [9.17, 15) is 19.8 Å². The van der Waals surface area contributed by atoms with Gasteiger partial charge in [0, 0.05) is 37.3 Å². The lowest BCUT2D eigenvalue weighted by atomic mass is 9.99. The molecule has 1 aromatic rings. The zero-order valence-corrected chi connectivity index (χ0v) is 21.4. The molecule has 2 heterocycles. The van der Waals surface area contributed by atoms with Gasteiger partial charge in [0.05, 0.1) is 19.2 Å². The van der Waals surface area contributed by atoms with Crippen molar-refractivity contribution < 1.29 is 24.5 Å². The molecule has 0 radical (unpaired) electrons. The molecule has 3 amide bonds. The van der Waals surface area contributed by atoms with Crippen LogP contribution in [0.2, 0.25) is 0 Å². The third-order valence-electron chi connectivity index (χ3n) is 6.60. The van der Waals surface area contributed by atoms with Crippen molar-refractivity contribution in [2.75, 3.05) is 26.7 Å². The molecule has 1 fully saturated rings. The predicted molar refractivity (Wildman–Crippen MR) is 132 cm³/mol. The fraction of sp³-hybridized carbons (Fsp3) is 0.654. The van der Waals surface area contributed by atoms with Crippen molar-refractivity contribution >= 4 is 11.9 Å². The lowest BCUT2D eigenvalue weighted by molar-refractivity contribution is 0.0351. The molecule has 9 nitrogen and oxygen atoms in total. The van der Waals surface area contributed by atoms with Gasteiger partial charge in [0.25, 0.3) is 5.91 Å². The fourth-order valence-corrected chi connectivity index (χ4v) is 4.37. The Balaban J connectivity index is 1.93. The molecule has 192 valence electrons. The molecule has 0 bridgehead atoms. The number of carbonyl (C=O) groups is 2. The molecule has 1 aliphatic carbocycles. The molecule has 1 saturated carbocycles. The Bertz CT molecular complexity index is 980. The summed E-state index contributed by atoms with van der Waals surface area (Å²) in [6.45, 7) is 7.99. The first-order chi connectivity index (χ1) is 16.5. The topological polar surface area (TPSA) is 115 Å². The summed E-state index contributed by atoms with van der Waals surface area (Å²) in [6, 6.07) is 1.02. The number of rotatable bonds is 5. The third-order valence-corrected chi connectivity index (χ3v) is 6.60. The molecular weight excluding hydrogens is 448 g/mol. The molecule has 0 spiro atoms. The number of pyridine rings is 1. The Hall–Kier alpha value is -2.83. The summed E-state index contributed by atoms with van der Waals surface area (Å²) in [5, 5.41) is 23.2. The molecule has 3 N–H and O–H groups in total. The van der Waals surface area contributed by atoms with E-state index in [0.29, 0.717) is 31.5 Å². The monoisotopic (exact) mass is 486 g/mol. The smallest absolute Gasteiger partial charge is 0.317 e. The van der Waals surface area contributed by atoms with Crippen molar-refractivity contribution in [3.05, 3.63) is 23.4 Å². The second-order valence-electron chi connectivity index (χ2n) is 10.2. The van der Waals surface area contributed by atoms with E-state index < -0.39 is 17.7 Å². The Morgan fingerprint density at radius 3 is 2.69 bits per heavy atom. The van der Waals surface area contributed by atoms with Gasteiger partial charge in [-0.25, -0.2) is 9.78 Å². The first-order valence-electron chi connectivity index (χ1n) is 12.4. The van der Waals surface area contributed by atoms with Crippen LogP contribution in [0.5, 0.6) is 5.88 Å². The zero-order chi connectivity index (χ0) is 25.8. The van der Waals surface area contributed by atoms with Gasteiger partial charge in [0.15, 0.2) is 0 Å². The van der Waals surface area contributed by atoms with E-state index in [1.807, 2.05) is 20.8 Å². The number of amides is 3. The number of nitrogens with one attached hydrogen (secondary N) is 1. The maximum atomic E-state index is 13.5. The van der Waals surface area contributed by atoms with Gasteiger partial charge in [0.2, 0.25) is 5.88 Å². The summed E-state index contributed by atoms with van der Waals surface area (Å²) in [5.41, 5.74) is -0.234. The quantitative estimate of drug-likeness (QED) is 0.549. The van der Waals surface area contributed by atoms with Crippen LogP contribution in [0.15, 0.2) is 12.3 Å². The van der Waals surface area contributed by atoms with Crippen LogP contribution in [0.1, 0.15) is 69.3 Å². The van der Waals surface area contributed by atoms with Gasteiger partial charge < -0.3 is 30.1 Å². The Morgan fingerprint density at radius 1 is 1.37 bits per heavy atom. The number of likely N-dealkylation sites (N-methyl/N-ethyl adjacent to an activating group) is 1. The lowest BCUT2D eigenvalue weighted by Gasteiger charge is -2.37. The zero-order valence-electron chi connectivity index (χ0n) is 21.4. The van der Waals surface area contributed by atoms with Gasteiger partial charge in [-0.1, -0.05) is 18.8 Å². The minimum atomic E-state index is -0.996. The van der Waals surface area contributed by atoms with E-state index in [2.05, 4.69) is 22.1 Å². The number of ether oxygens (including phenoxy) is 1. The Kier molecular flexibility index (Phi) is 8.62. The molecule has 0 aromatic carbocycles. The van der Waals surface area contributed by atoms with E-state index in [-0.39, 0.29) is 41.9 Å². The lowest BCUT2D eigenvalue weighted by Crippen LogP contribution is -2.51. The van der Waals surface area contributed by atoms with Crippen molar-refractivity contribution in [3.8, 4) is 17.7 Å². The minimum absolute atomic E-state index is 0.00311. The van der Waals surface area contributed by atoms with Crippen LogP contribution in [-0.4, -0.2) is 87.5 Å². The summed E-state index contributed by atoms with van der Waals surface area (Å²) in [6.07, 6.45) is 4.27. The van der Waals surface area contributed by atoms with Crippen molar-refractivity contribution in [1.82, 2.24) is 20.1 Å². The predicted octanol–water partition coefficient (Wildman–Crippen LogP) is 2.01. The van der Waals surface area contributed by atoms with Gasteiger partial charge in [-0.2, -0.15) is 0 Å². The SMILES string of the molecule is CC(C)NC(=O)N(C)C[C@H]1Oc2ncc(C#CC3(O)CCCC3)cc2C(=O)N([C@@H](C)CO)C[C@@H]1C. The Labute approximate surface area is 207 Å². The average Bonchev–Trinajstić information content (AvgIpc) is 3.25. The number of fused-ring (bicyclic) bond motifs is 1. The summed E-state index contributed by atoms with van der Waals surface area (Å²) in [4.78, 5) is 33.6. The number of nitrogens with zero attached hydrogens (tertiary/aromatic N) is 3. The molecule has 0 saturated heterocycles. The van der Waals surface area contributed by atoms with Gasteiger partial charge in [-0.05, 0) is 52.5 Å². The van der Waals surface area contributed by atoms with E-state index in [4.69, 9.17) is 4.74 Å². The summed E-state index contributed by atoms with van der Waals surface area (Å²) >= 11 is 0. The van der Waals surface area contributed by atoms with E-state index in [0.717, 1.165) is 12.8 Å². The molecule has 2 aliphatic rings. The van der Waals surface area contributed by atoms with Crippen LogP contribution in [0.4, 0.5) is 4.79 Å². The number of hydrogen-bond donors (Lipinski definition) is 3. The molecule has 3 rings (SSSR count). The molecule has 0 unspecified atom stereocenters. The average molecular weight is 487 g/mol. The third kappa shape index (κ3) is 6.65. The molecule has 35 heavy (non-hydrogen) atoms. The highest BCUT2D eigenvalue weighted by atomic mass is 16.5. The van der Waals surface area contributed by atoms with E-state index >= 15 is 0 Å². The molecular formula is C26H38N4O5. The number of hydrogen-bond acceptors (Lipinski definition) is 6. The molecule has 1 aliphatic heterocycles. The highest BCUT2D eigenvalue weighted by Gasteiger charge is 2.35. The molecule has 3 atom stereocenters. The van der Waals surface area contributed by atoms with Crippen LogP contribution < -0.4 is 10.1 Å². The number of urea groups is 1. The standard InChI is InChI=1S/C26H38N4O5/c1-17(2)28-25(33)29(5)15-22-18(3)14-30(19(4)16-31)24(32)21-12-20(13-27-23(21)35-22)8-11-26(34)9-6-7-10-26/h12-13,17-19,22,31,34H,6-7,9-10,14-16H2,1-5H3,(H,28,33)/t18-,19-,22+/m0/s1. The van der Waals surface area contributed by atoms with Crippen LogP contribution in [0, 0.1) is 17.8 Å². The second kappa shape index (κ2) is 11.3. The van der Waals surface area contributed by atoms with Gasteiger partial charge >= 0.3 is 6.03 Å². The van der Waals surface area contributed by atoms with Crippen molar-refractivity contribution in [3.63, 3.8) is 0 Å². The van der Waals surface area contributed by atoms with Crippen LogP contribution >= 0.6 is 0 Å². The number of aliphatic hydroxyl groups is 2. The van der Waals surface area contributed by atoms with Crippen molar-refractivity contribution in [1.29, 1.82) is 0 Å². The minimum Gasteiger partial charge on any atom is -0.472 e. The van der Waals surface area contributed by atoms with E-state index in [1.54, 1.807) is 29.8 Å². The summed E-state index contributed by atoms with van der Waals surface area (Å²) < 4.78 is 6.22. The van der Waals surface area contributed by atoms with Crippen LogP contribution in [-0.2, 0) is 0 Å². The molecule has 1 aromatic heterocycles. The number of carbonyl (C=O) groups excluding carboxylic acids is 2. The highest BCUT2D eigenvalue weighted by molar-refractivity contribution is 5.97. The number of aliphatic hydroxyl groups excluding tert-OH is 1. The maximum absolute atomic E-state index is 13.5. The largest absolute Gasteiger partial charge is 0.472 e. The maximum Gasteiger partial charge on any atom is 0.317 e. The fourth-order valence-electron chi connectivity index (χ4n) is 4.37. The Morgan fingerprint density at radius 2 is 2.06 bits per heavy atom. The summed E-state index contributed by atoms with van der Waals surface area (Å²) in [5.74, 6) is 5.67. The normalized spacial score (nSPS) is 22.3. The highest BCUT2D eigenvalue weighted by Crippen LogP contribution is 2.30. The van der Waals surface area contributed by atoms with Crippen molar-refractivity contribution in [2.24, 2.45) is 5.92 Å². The van der Waals surface area contributed by atoms with E-state index in [1.165, 1.54) is 6.20 Å². The second-order valence-corrected chi connectivity index (χ2v) is 10.2. The molecule has 9 heteroatoms. The van der Waals surface area contributed by atoms with Gasteiger partial charge in [-0.15, -0.1) is 0 Å². The van der Waals surface area contributed by atoms with Gasteiger partial charge in [0.1, 0.15) is 17.3 Å². The summed E-state index contributed by atoms with van der Waals surface area (Å²) in [7, 11) is 1.70. The van der Waals surface area contributed by atoms with Crippen LogP contribution in [0.25, 0.3) is 0 Å². The first kappa shape index (κ1) is 26.8.